The van der Waals surface area contributed by atoms with E-state index in [1.54, 1.807) is 4.90 Å². The van der Waals surface area contributed by atoms with E-state index in [0.29, 0.717) is 19.5 Å². The Morgan fingerprint density at radius 2 is 2.05 bits per heavy atom. The number of rotatable bonds is 4. The van der Waals surface area contributed by atoms with Crippen LogP contribution in [-0.4, -0.2) is 35.2 Å². The summed E-state index contributed by atoms with van der Waals surface area (Å²) < 4.78 is 0. The van der Waals surface area contributed by atoms with Crippen molar-refractivity contribution in [1.29, 1.82) is 0 Å². The van der Waals surface area contributed by atoms with E-state index in [9.17, 15) is 9.90 Å². The van der Waals surface area contributed by atoms with Crippen LogP contribution in [0, 0.1) is 6.92 Å². The van der Waals surface area contributed by atoms with Crippen LogP contribution in [0.2, 0.25) is 0 Å². The average molecular weight is 290 g/mol. The van der Waals surface area contributed by atoms with Crippen molar-refractivity contribution >= 4 is 6.03 Å². The lowest BCUT2D eigenvalue weighted by molar-refractivity contribution is 0.0486. The van der Waals surface area contributed by atoms with Crippen LogP contribution < -0.4 is 5.32 Å². The Kier molecular flexibility index (Phi) is 4.88. The average Bonchev–Trinajstić information content (AvgIpc) is 2.88. The number of carbonyl (C=O) groups is 1. The van der Waals surface area contributed by atoms with Gasteiger partial charge >= 0.3 is 6.03 Å². The summed E-state index contributed by atoms with van der Waals surface area (Å²) in [4.78, 5) is 14.0. The van der Waals surface area contributed by atoms with E-state index in [1.165, 1.54) is 0 Å². The molecule has 1 aliphatic rings. The van der Waals surface area contributed by atoms with Gasteiger partial charge in [-0.25, -0.2) is 4.79 Å². The molecule has 0 saturated carbocycles. The number of aliphatic hydroxyl groups is 1. The minimum absolute atomic E-state index is 0.0618. The van der Waals surface area contributed by atoms with Gasteiger partial charge in [-0.05, 0) is 37.3 Å². The van der Waals surface area contributed by atoms with E-state index in [4.69, 9.17) is 0 Å². The van der Waals surface area contributed by atoms with Crippen LogP contribution in [0.4, 0.5) is 4.79 Å². The molecule has 4 nitrogen and oxygen atoms in total. The molecule has 0 aliphatic carbocycles. The summed E-state index contributed by atoms with van der Waals surface area (Å²) in [6, 6.07) is 8.01. The Balaban J connectivity index is 2.06. The van der Waals surface area contributed by atoms with Gasteiger partial charge in [-0.1, -0.05) is 38.1 Å². The lowest BCUT2D eigenvalue weighted by atomic mass is 9.89. The lowest BCUT2D eigenvalue weighted by Crippen LogP contribution is -2.44. The molecule has 1 fully saturated rings. The van der Waals surface area contributed by atoms with Crippen molar-refractivity contribution in [2.24, 2.45) is 0 Å². The van der Waals surface area contributed by atoms with E-state index in [2.05, 4.69) is 19.2 Å². The maximum absolute atomic E-state index is 12.3. The normalized spacial score (nSPS) is 21.9. The topological polar surface area (TPSA) is 52.6 Å². The van der Waals surface area contributed by atoms with Crippen molar-refractivity contribution in [2.45, 2.75) is 51.7 Å². The van der Waals surface area contributed by atoms with Crippen LogP contribution in [0.25, 0.3) is 0 Å². The van der Waals surface area contributed by atoms with Crippen molar-refractivity contribution in [3.63, 3.8) is 0 Å². The number of likely N-dealkylation sites (tertiary alicyclic amines) is 1. The van der Waals surface area contributed by atoms with Gasteiger partial charge in [0.1, 0.15) is 5.60 Å². The third kappa shape index (κ3) is 3.38. The molecule has 0 unspecified atom stereocenters. The molecule has 1 heterocycles. The van der Waals surface area contributed by atoms with Crippen LogP contribution in [-0.2, 0) is 5.60 Å². The second-order valence-electron chi connectivity index (χ2n) is 5.98. The number of carbonyl (C=O) groups excluding carboxylic acids is 1. The van der Waals surface area contributed by atoms with Crippen molar-refractivity contribution < 1.29 is 9.90 Å². The summed E-state index contributed by atoms with van der Waals surface area (Å²) in [5.74, 6) is 0. The van der Waals surface area contributed by atoms with Gasteiger partial charge in [0.25, 0.3) is 0 Å². The van der Waals surface area contributed by atoms with Crippen molar-refractivity contribution in [3.8, 4) is 0 Å². The molecule has 1 aromatic rings. The molecule has 0 spiro atoms. The second kappa shape index (κ2) is 6.48. The zero-order chi connectivity index (χ0) is 15.5. The maximum atomic E-state index is 12.3. The van der Waals surface area contributed by atoms with Crippen molar-refractivity contribution in [3.05, 3.63) is 35.4 Å². The first-order chi connectivity index (χ1) is 10.00. The summed E-state index contributed by atoms with van der Waals surface area (Å²) in [5.41, 5.74) is 1.08. The predicted octanol–water partition coefficient (Wildman–Crippen LogP) is 2.79. The van der Waals surface area contributed by atoms with E-state index in [0.717, 1.165) is 24.0 Å². The standard InChI is InChI=1S/C17H26N2O2/c1-4-14(5-2)18-16(20)19-11-10-17(21,12-19)15-9-7-6-8-13(15)3/h6-9,14,21H,4-5,10-12H2,1-3H3,(H,18,20)/t17-/m1/s1. The number of hydrogen-bond acceptors (Lipinski definition) is 2. The van der Waals surface area contributed by atoms with E-state index >= 15 is 0 Å². The Labute approximate surface area is 127 Å². The van der Waals surface area contributed by atoms with Gasteiger partial charge < -0.3 is 15.3 Å². The largest absolute Gasteiger partial charge is 0.383 e. The number of amides is 2. The van der Waals surface area contributed by atoms with Crippen LogP contribution in [0.5, 0.6) is 0 Å². The SMILES string of the molecule is CCC(CC)NC(=O)N1CC[C@](O)(c2ccccc2C)C1. The first-order valence-electron chi connectivity index (χ1n) is 7.84. The van der Waals surface area contributed by atoms with Crippen LogP contribution in [0.15, 0.2) is 24.3 Å². The third-order valence-electron chi connectivity index (χ3n) is 4.49. The Bertz CT molecular complexity index is 499. The molecule has 1 aliphatic heterocycles. The molecule has 1 aromatic carbocycles. The van der Waals surface area contributed by atoms with E-state index in [-0.39, 0.29) is 12.1 Å². The molecule has 0 radical (unpaired) electrons. The molecule has 21 heavy (non-hydrogen) atoms. The second-order valence-corrected chi connectivity index (χ2v) is 5.98. The first kappa shape index (κ1) is 15.8. The number of nitrogens with zero attached hydrogens (tertiary/aromatic N) is 1. The van der Waals surface area contributed by atoms with Crippen molar-refractivity contribution in [2.75, 3.05) is 13.1 Å². The van der Waals surface area contributed by atoms with Crippen LogP contribution in [0.3, 0.4) is 0 Å². The Hall–Kier alpha value is -1.55. The van der Waals surface area contributed by atoms with Gasteiger partial charge in [-0.3, -0.25) is 0 Å². The molecule has 2 N–H and O–H groups in total. The highest BCUT2D eigenvalue weighted by Crippen LogP contribution is 2.33. The molecular weight excluding hydrogens is 264 g/mol. The minimum atomic E-state index is -0.920. The van der Waals surface area contributed by atoms with Gasteiger partial charge in [0.05, 0.1) is 6.54 Å². The highest BCUT2D eigenvalue weighted by molar-refractivity contribution is 5.75. The summed E-state index contributed by atoms with van der Waals surface area (Å²) in [5, 5.41) is 13.9. The van der Waals surface area contributed by atoms with Gasteiger partial charge in [0.2, 0.25) is 0 Å². The van der Waals surface area contributed by atoms with Crippen LogP contribution in [0.1, 0.15) is 44.2 Å². The Morgan fingerprint density at radius 3 is 2.67 bits per heavy atom. The molecule has 0 aromatic heterocycles. The molecule has 2 rings (SSSR count). The number of hydrogen-bond donors (Lipinski definition) is 2. The number of nitrogens with one attached hydrogen (secondary N) is 1. The molecule has 4 heteroatoms. The highest BCUT2D eigenvalue weighted by Gasteiger charge is 2.40. The number of urea groups is 1. The van der Waals surface area contributed by atoms with Gasteiger partial charge in [0, 0.05) is 12.6 Å². The fraction of sp³-hybridized carbons (Fsp3) is 0.588. The first-order valence-corrected chi connectivity index (χ1v) is 7.84. The minimum Gasteiger partial charge on any atom is -0.383 e. The third-order valence-corrected chi connectivity index (χ3v) is 4.49. The molecule has 116 valence electrons. The zero-order valence-corrected chi connectivity index (χ0v) is 13.2. The fourth-order valence-electron chi connectivity index (χ4n) is 3.04. The monoisotopic (exact) mass is 290 g/mol. The summed E-state index contributed by atoms with van der Waals surface area (Å²) in [6.07, 6.45) is 2.45. The summed E-state index contributed by atoms with van der Waals surface area (Å²) >= 11 is 0. The van der Waals surface area contributed by atoms with Crippen molar-refractivity contribution in [1.82, 2.24) is 10.2 Å². The quantitative estimate of drug-likeness (QED) is 0.896. The van der Waals surface area contributed by atoms with Crippen LogP contribution >= 0.6 is 0 Å². The molecule has 0 bridgehead atoms. The van der Waals surface area contributed by atoms with Gasteiger partial charge in [-0.15, -0.1) is 0 Å². The summed E-state index contributed by atoms with van der Waals surface area (Å²) in [7, 11) is 0. The maximum Gasteiger partial charge on any atom is 0.317 e. The van der Waals surface area contributed by atoms with Gasteiger partial charge in [-0.2, -0.15) is 0 Å². The highest BCUT2D eigenvalue weighted by atomic mass is 16.3. The number of β-amino-alcohol motifs (C(OH)–C–C–N with tert-alkyl or cyclic N) is 1. The van der Waals surface area contributed by atoms with E-state index in [1.807, 2.05) is 31.2 Å². The molecule has 1 saturated heterocycles. The smallest absolute Gasteiger partial charge is 0.317 e. The molecular formula is C17H26N2O2. The molecule has 2 amide bonds. The Morgan fingerprint density at radius 1 is 1.38 bits per heavy atom. The fourth-order valence-corrected chi connectivity index (χ4v) is 3.04. The van der Waals surface area contributed by atoms with Gasteiger partial charge in [0.15, 0.2) is 0 Å². The molecule has 1 atom stereocenters. The predicted molar refractivity (Wildman–Crippen MR) is 84.2 cm³/mol. The van der Waals surface area contributed by atoms with E-state index < -0.39 is 5.60 Å². The zero-order valence-electron chi connectivity index (χ0n) is 13.2. The summed E-state index contributed by atoms with van der Waals surface area (Å²) in [6.45, 7) is 7.10. The number of aryl methyl sites for hydroxylation is 1. The number of benzene rings is 1. The lowest BCUT2D eigenvalue weighted by Gasteiger charge is -2.26.